The molecule has 0 heterocycles. The lowest BCUT2D eigenvalue weighted by Crippen LogP contribution is -2.43. The van der Waals surface area contributed by atoms with Crippen molar-refractivity contribution in [1.29, 1.82) is 0 Å². The van der Waals surface area contributed by atoms with Crippen LogP contribution in [0.4, 0.5) is 21.0 Å². The summed E-state index contributed by atoms with van der Waals surface area (Å²) in [5.41, 5.74) is 19.1. The summed E-state index contributed by atoms with van der Waals surface area (Å²) in [5.74, 6) is 9.91. The Morgan fingerprint density at radius 1 is 0.889 bits per heavy atom. The summed E-state index contributed by atoms with van der Waals surface area (Å²) in [5, 5.41) is -0.685. The second kappa shape index (κ2) is 7.38. The van der Waals surface area contributed by atoms with Crippen LogP contribution in [-0.4, -0.2) is 39.2 Å². The molecule has 4 amide bonds. The first-order chi connectivity index (χ1) is 12.1. The van der Waals surface area contributed by atoms with Crippen LogP contribution in [0.2, 0.25) is 0 Å². The predicted molar refractivity (Wildman–Crippen MR) is 87.8 cm³/mol. The van der Waals surface area contributed by atoms with Gasteiger partial charge < -0.3 is 22.9 Å². The Morgan fingerprint density at radius 3 is 1.70 bits per heavy atom. The van der Waals surface area contributed by atoms with Gasteiger partial charge in [0.1, 0.15) is 9.79 Å². The number of rotatable bonds is 6. The Kier molecular flexibility index (Phi) is 6.05. The minimum absolute atomic E-state index is 0.112. The molecule has 0 aromatic heterocycles. The summed E-state index contributed by atoms with van der Waals surface area (Å²) in [6, 6.07) is -2.15. The second-order valence-corrected chi connectivity index (χ2v) is 7.70. The Morgan fingerprint density at radius 2 is 1.30 bits per heavy atom. The molecular formula is C9H16N8O8S2. The first-order valence-corrected chi connectivity index (χ1v) is 9.19. The lowest BCUT2D eigenvalue weighted by atomic mass is 10.2. The highest BCUT2D eigenvalue weighted by Crippen LogP contribution is 2.36. The van der Waals surface area contributed by atoms with Crippen LogP contribution < -0.4 is 34.6 Å². The number of urea groups is 2. The van der Waals surface area contributed by atoms with E-state index >= 15 is 0 Å². The number of hydrogen-bond acceptors (Lipinski definition) is 12. The number of amides is 4. The van der Waals surface area contributed by atoms with Gasteiger partial charge in [0.2, 0.25) is 0 Å². The van der Waals surface area contributed by atoms with Crippen LogP contribution in [0.3, 0.4) is 0 Å². The van der Waals surface area contributed by atoms with Gasteiger partial charge in [-0.1, -0.05) is 0 Å². The lowest BCUT2D eigenvalue weighted by Gasteiger charge is -2.19. The first-order valence-electron chi connectivity index (χ1n) is 6.38. The quantitative estimate of drug-likeness (QED) is 0.114. The summed E-state index contributed by atoms with van der Waals surface area (Å²) in [4.78, 5) is 19.7. The topological polar surface area (TPSA) is 283 Å². The molecule has 0 aliphatic heterocycles. The zero-order valence-corrected chi connectivity index (χ0v) is 15.2. The molecule has 152 valence electrons. The molecule has 0 fully saturated rings. The number of anilines is 2. The molecule has 0 atom stereocenters. The van der Waals surface area contributed by atoms with Gasteiger partial charge in [-0.2, -0.15) is 16.8 Å². The summed E-state index contributed by atoms with van der Waals surface area (Å²) in [6.07, 6.45) is 0. The van der Waals surface area contributed by atoms with Crippen molar-refractivity contribution in [2.24, 2.45) is 23.2 Å². The fourth-order valence-electron chi connectivity index (χ4n) is 1.63. The molecule has 0 bridgehead atoms. The molecule has 0 unspecified atom stereocenters. The Hall–Kier alpha value is -2.90. The van der Waals surface area contributed by atoms with Crippen LogP contribution in [0.5, 0.6) is 0 Å². The summed E-state index contributed by atoms with van der Waals surface area (Å²) < 4.78 is 57.4. The lowest BCUT2D eigenvalue weighted by molar-refractivity contribution is -0.00309. The van der Waals surface area contributed by atoms with Crippen LogP contribution >= 0.6 is 0 Å². The van der Waals surface area contributed by atoms with Gasteiger partial charge in [0, 0.05) is 0 Å². The number of nitrogens with two attached hydrogens (primary N) is 6. The first kappa shape index (κ1) is 22.1. The number of carbonyl (C=O) groups excluding carboxylic acids is 2. The zero-order chi connectivity index (χ0) is 21.3. The molecule has 0 aliphatic carbocycles. The van der Waals surface area contributed by atoms with Crippen LogP contribution in [0, 0.1) is 6.92 Å². The van der Waals surface area contributed by atoms with Crippen LogP contribution in [0.25, 0.3) is 0 Å². The van der Waals surface area contributed by atoms with Gasteiger partial charge in [-0.25, -0.2) is 21.3 Å². The zero-order valence-electron chi connectivity index (χ0n) is 13.5. The summed E-state index contributed by atoms with van der Waals surface area (Å²) in [7, 11) is -9.96. The number of primary amides is 2. The summed E-state index contributed by atoms with van der Waals surface area (Å²) in [6.45, 7) is 1.22. The molecule has 0 radical (unpaired) electrons. The van der Waals surface area contributed by atoms with E-state index in [1.165, 1.54) is 6.92 Å². The number of hydrogen-bond donors (Lipinski definition) is 6. The van der Waals surface area contributed by atoms with Crippen molar-refractivity contribution < 1.29 is 35.0 Å². The molecule has 0 spiro atoms. The smallest absolute Gasteiger partial charge is 0.355 e. The van der Waals surface area contributed by atoms with Gasteiger partial charge in [-0.15, -0.1) is 18.9 Å². The van der Waals surface area contributed by atoms with E-state index in [2.05, 4.69) is 8.57 Å². The highest BCUT2D eigenvalue weighted by Gasteiger charge is 2.33. The summed E-state index contributed by atoms with van der Waals surface area (Å²) >= 11 is 0. The molecular weight excluding hydrogens is 412 g/mol. The van der Waals surface area contributed by atoms with E-state index in [0.29, 0.717) is 0 Å². The Bertz CT molecular complexity index is 992. The molecule has 1 rings (SSSR count). The maximum atomic E-state index is 12.3. The molecule has 1 aromatic rings. The van der Waals surface area contributed by atoms with Gasteiger partial charge >= 0.3 is 32.3 Å². The van der Waals surface area contributed by atoms with Crippen LogP contribution in [0.15, 0.2) is 15.9 Å². The number of aryl methyl sites for hydroxylation is 1. The minimum Gasteiger partial charge on any atom is -0.397 e. The van der Waals surface area contributed by atoms with E-state index in [-0.39, 0.29) is 15.9 Å². The molecule has 12 N–H and O–H groups in total. The third kappa shape index (κ3) is 4.64. The average Bonchev–Trinajstić information content (AvgIpc) is 2.49. The van der Waals surface area contributed by atoms with Crippen molar-refractivity contribution in [3.63, 3.8) is 0 Å². The largest absolute Gasteiger partial charge is 0.397 e. The molecule has 27 heavy (non-hydrogen) atoms. The van der Waals surface area contributed by atoms with Crippen LogP contribution in [0.1, 0.15) is 5.56 Å². The van der Waals surface area contributed by atoms with Gasteiger partial charge in [0.05, 0.1) is 11.4 Å². The molecule has 1 aromatic carbocycles. The van der Waals surface area contributed by atoms with E-state index in [9.17, 15) is 26.4 Å². The average molecular weight is 428 g/mol. The monoisotopic (exact) mass is 428 g/mol. The molecule has 0 aliphatic rings. The van der Waals surface area contributed by atoms with Crippen molar-refractivity contribution in [1.82, 2.24) is 10.3 Å². The van der Waals surface area contributed by atoms with Crippen molar-refractivity contribution in [3.05, 3.63) is 11.6 Å². The predicted octanol–water partition coefficient (Wildman–Crippen LogP) is -3.09. The van der Waals surface area contributed by atoms with E-state index in [1.54, 1.807) is 0 Å². The maximum Gasteiger partial charge on any atom is 0.355 e. The minimum atomic E-state index is -5.02. The van der Waals surface area contributed by atoms with Crippen molar-refractivity contribution in [3.8, 4) is 0 Å². The number of hydroxylamine groups is 2. The number of nitrogens with zero attached hydrogens (tertiary/aromatic N) is 2. The Labute approximate surface area is 152 Å². The van der Waals surface area contributed by atoms with Gasteiger partial charge in [-0.3, -0.25) is 0 Å². The highest BCUT2D eigenvalue weighted by molar-refractivity contribution is 7.88. The van der Waals surface area contributed by atoms with Gasteiger partial charge in [0.25, 0.3) is 0 Å². The third-order valence-corrected chi connectivity index (χ3v) is 5.37. The van der Waals surface area contributed by atoms with Gasteiger partial charge in [-0.05, 0) is 18.6 Å². The fraction of sp³-hybridized carbons (Fsp3) is 0.111. The van der Waals surface area contributed by atoms with Crippen molar-refractivity contribution >= 4 is 43.7 Å². The molecule has 16 nitrogen and oxygen atoms in total. The van der Waals surface area contributed by atoms with E-state index < -0.39 is 53.5 Å². The Balaban J connectivity index is 3.63. The van der Waals surface area contributed by atoms with Gasteiger partial charge in [0.15, 0.2) is 0 Å². The van der Waals surface area contributed by atoms with Crippen molar-refractivity contribution in [2.45, 2.75) is 16.7 Å². The van der Waals surface area contributed by atoms with E-state index in [4.69, 9.17) is 34.6 Å². The second-order valence-electron chi connectivity index (χ2n) is 4.73. The normalized spacial score (nSPS) is 11.8. The number of nitrogen functional groups attached to an aromatic ring is 2. The molecule has 18 heteroatoms. The standard InChI is InChI=1S/C9H16N8O8S2/c1-3-2-4(26(20,21)24-16(14)8(12)18)6(11)7(5(3)10)27(22,23)25-17(15)9(13)19/h2H,10-11,14-15H2,1H3,(H2,12,18)(H2,13,19). The van der Waals surface area contributed by atoms with Crippen LogP contribution in [-0.2, 0) is 28.8 Å². The highest BCUT2D eigenvalue weighted by atomic mass is 32.2. The fourth-order valence-corrected chi connectivity index (χ4v) is 3.92. The van der Waals surface area contributed by atoms with Crippen molar-refractivity contribution in [2.75, 3.05) is 11.5 Å². The maximum absolute atomic E-state index is 12.3. The SMILES string of the molecule is Cc1cc(S(=O)(=O)ON(N)C(N)=O)c(N)c(S(=O)(=O)ON(N)C(N)=O)c1N. The number of benzene rings is 1. The molecule has 0 saturated carbocycles. The molecule has 0 saturated heterocycles. The van der Waals surface area contributed by atoms with E-state index in [1.807, 2.05) is 0 Å². The number of hydrazine groups is 2. The third-order valence-electron chi connectivity index (χ3n) is 2.84. The van der Waals surface area contributed by atoms with E-state index in [0.717, 1.165) is 6.07 Å². The number of carbonyl (C=O) groups is 2.